The van der Waals surface area contributed by atoms with E-state index in [0.717, 1.165) is 18.8 Å². The second-order valence-corrected chi connectivity index (χ2v) is 6.27. The molecule has 2 N–H and O–H groups in total. The van der Waals surface area contributed by atoms with Crippen LogP contribution in [0.25, 0.3) is 0 Å². The molecule has 1 unspecified atom stereocenters. The molecule has 1 aromatic rings. The van der Waals surface area contributed by atoms with Crippen LogP contribution in [0.3, 0.4) is 0 Å². The zero-order valence-electron chi connectivity index (χ0n) is 13.0. The molecule has 1 aromatic heterocycles. The number of nitrogens with zero attached hydrogens (tertiary/aromatic N) is 2. The van der Waals surface area contributed by atoms with E-state index in [9.17, 15) is 9.90 Å². The van der Waals surface area contributed by atoms with Gasteiger partial charge in [-0.1, -0.05) is 13.8 Å². The number of imidazole rings is 1. The highest BCUT2D eigenvalue weighted by atomic mass is 16.3. The molecule has 0 fully saturated rings. The van der Waals surface area contributed by atoms with Crippen molar-refractivity contribution in [3.63, 3.8) is 0 Å². The maximum Gasteiger partial charge on any atom is 0.220 e. The van der Waals surface area contributed by atoms with Crippen molar-refractivity contribution in [3.8, 4) is 0 Å². The van der Waals surface area contributed by atoms with Crippen molar-refractivity contribution in [3.05, 3.63) is 18.2 Å². The molecule has 0 radical (unpaired) electrons. The second-order valence-electron chi connectivity index (χ2n) is 6.27. The third kappa shape index (κ3) is 6.19. The van der Waals surface area contributed by atoms with Gasteiger partial charge in [0, 0.05) is 31.9 Å². The SMILES string of the molecule is Cc1nccn1CCCC(=O)NCC(C)(C)CC(C)O. The molecule has 1 atom stereocenters. The predicted octanol–water partition coefficient (Wildman–Crippen LogP) is 1.89. The minimum atomic E-state index is -0.342. The van der Waals surface area contributed by atoms with Crippen molar-refractivity contribution in [2.24, 2.45) is 5.41 Å². The Morgan fingerprint density at radius 3 is 2.80 bits per heavy atom. The summed E-state index contributed by atoms with van der Waals surface area (Å²) in [5.41, 5.74) is -0.0786. The number of aromatic nitrogens is 2. The topological polar surface area (TPSA) is 67.2 Å². The Hall–Kier alpha value is -1.36. The van der Waals surface area contributed by atoms with Crippen molar-refractivity contribution >= 4 is 5.91 Å². The fourth-order valence-corrected chi connectivity index (χ4v) is 2.35. The van der Waals surface area contributed by atoms with Gasteiger partial charge in [-0.05, 0) is 32.1 Å². The van der Waals surface area contributed by atoms with Gasteiger partial charge in [0.15, 0.2) is 0 Å². The van der Waals surface area contributed by atoms with Crippen molar-refractivity contribution in [1.82, 2.24) is 14.9 Å². The van der Waals surface area contributed by atoms with Crippen LogP contribution < -0.4 is 5.32 Å². The van der Waals surface area contributed by atoms with E-state index in [0.29, 0.717) is 19.4 Å². The Kier molecular flexibility index (Phi) is 6.20. The van der Waals surface area contributed by atoms with Gasteiger partial charge in [0.1, 0.15) is 5.82 Å². The maximum absolute atomic E-state index is 11.8. The number of aliphatic hydroxyl groups is 1. The van der Waals surface area contributed by atoms with Crippen molar-refractivity contribution in [2.75, 3.05) is 6.54 Å². The molecule has 1 rings (SSSR count). The first kappa shape index (κ1) is 16.7. The van der Waals surface area contributed by atoms with Gasteiger partial charge in [-0.2, -0.15) is 0 Å². The van der Waals surface area contributed by atoms with E-state index < -0.39 is 0 Å². The highest BCUT2D eigenvalue weighted by molar-refractivity contribution is 5.75. The Bertz CT molecular complexity index is 425. The van der Waals surface area contributed by atoms with Crippen LogP contribution in [-0.2, 0) is 11.3 Å². The minimum Gasteiger partial charge on any atom is -0.393 e. The van der Waals surface area contributed by atoms with Gasteiger partial charge in [-0.25, -0.2) is 4.98 Å². The summed E-state index contributed by atoms with van der Waals surface area (Å²) in [6.45, 7) is 9.25. The first-order chi connectivity index (χ1) is 9.30. The molecule has 114 valence electrons. The number of aliphatic hydroxyl groups excluding tert-OH is 1. The first-order valence-corrected chi connectivity index (χ1v) is 7.23. The fraction of sp³-hybridized carbons (Fsp3) is 0.733. The van der Waals surface area contributed by atoms with Gasteiger partial charge in [0.2, 0.25) is 5.91 Å². The quantitative estimate of drug-likeness (QED) is 0.764. The summed E-state index contributed by atoms with van der Waals surface area (Å²) < 4.78 is 2.05. The number of rotatable bonds is 8. The summed E-state index contributed by atoms with van der Waals surface area (Å²) in [5.74, 6) is 1.05. The third-order valence-electron chi connectivity index (χ3n) is 3.34. The van der Waals surface area contributed by atoms with Crippen molar-refractivity contribution in [1.29, 1.82) is 0 Å². The number of nitrogens with one attached hydrogen (secondary N) is 1. The lowest BCUT2D eigenvalue weighted by molar-refractivity contribution is -0.121. The molecule has 0 aliphatic carbocycles. The first-order valence-electron chi connectivity index (χ1n) is 7.23. The molecule has 0 aliphatic rings. The summed E-state index contributed by atoms with van der Waals surface area (Å²) >= 11 is 0. The Morgan fingerprint density at radius 1 is 1.55 bits per heavy atom. The molecule has 0 bridgehead atoms. The van der Waals surface area contributed by atoms with Crippen LogP contribution in [-0.4, -0.2) is 33.2 Å². The number of aryl methyl sites for hydroxylation is 2. The van der Waals surface area contributed by atoms with E-state index in [1.165, 1.54) is 0 Å². The zero-order valence-corrected chi connectivity index (χ0v) is 13.0. The van der Waals surface area contributed by atoms with E-state index in [1.807, 2.05) is 17.7 Å². The summed E-state index contributed by atoms with van der Waals surface area (Å²) in [4.78, 5) is 15.9. The minimum absolute atomic E-state index is 0.0708. The normalized spacial score (nSPS) is 13.2. The Balaban J connectivity index is 2.22. The van der Waals surface area contributed by atoms with E-state index in [4.69, 9.17) is 0 Å². The highest BCUT2D eigenvalue weighted by Crippen LogP contribution is 2.21. The lowest BCUT2D eigenvalue weighted by Gasteiger charge is -2.26. The van der Waals surface area contributed by atoms with Gasteiger partial charge in [-0.15, -0.1) is 0 Å². The zero-order chi connectivity index (χ0) is 15.2. The number of carbonyl (C=O) groups is 1. The van der Waals surface area contributed by atoms with E-state index in [-0.39, 0.29) is 17.4 Å². The Morgan fingerprint density at radius 2 is 2.25 bits per heavy atom. The van der Waals surface area contributed by atoms with Gasteiger partial charge in [-0.3, -0.25) is 4.79 Å². The standard InChI is InChI=1S/C15H27N3O2/c1-12(19)10-15(3,4)11-17-14(20)6-5-8-18-9-7-16-13(18)2/h7,9,12,19H,5-6,8,10-11H2,1-4H3,(H,17,20). The van der Waals surface area contributed by atoms with Crippen LogP contribution in [0.5, 0.6) is 0 Å². The second kappa shape index (κ2) is 7.43. The van der Waals surface area contributed by atoms with Crippen LogP contribution in [0.2, 0.25) is 0 Å². The van der Waals surface area contributed by atoms with Gasteiger partial charge in [0.25, 0.3) is 0 Å². The third-order valence-corrected chi connectivity index (χ3v) is 3.34. The largest absolute Gasteiger partial charge is 0.393 e. The number of amides is 1. The number of hydrogen-bond donors (Lipinski definition) is 2. The molecular weight excluding hydrogens is 254 g/mol. The van der Waals surface area contributed by atoms with E-state index in [2.05, 4.69) is 24.1 Å². The summed E-state index contributed by atoms with van der Waals surface area (Å²) in [7, 11) is 0. The number of hydrogen-bond acceptors (Lipinski definition) is 3. The molecule has 0 aromatic carbocycles. The molecule has 1 amide bonds. The molecule has 5 nitrogen and oxygen atoms in total. The lowest BCUT2D eigenvalue weighted by atomic mass is 9.87. The molecule has 5 heteroatoms. The van der Waals surface area contributed by atoms with E-state index >= 15 is 0 Å². The van der Waals surface area contributed by atoms with Gasteiger partial charge >= 0.3 is 0 Å². The molecular formula is C15H27N3O2. The maximum atomic E-state index is 11.8. The molecule has 1 heterocycles. The fourth-order valence-electron chi connectivity index (χ4n) is 2.35. The van der Waals surface area contributed by atoms with Crippen LogP contribution >= 0.6 is 0 Å². The summed E-state index contributed by atoms with van der Waals surface area (Å²) in [6.07, 6.45) is 5.36. The van der Waals surface area contributed by atoms with Crippen LogP contribution in [0.4, 0.5) is 0 Å². The molecule has 0 saturated carbocycles. The molecule has 0 aliphatic heterocycles. The monoisotopic (exact) mass is 281 g/mol. The highest BCUT2D eigenvalue weighted by Gasteiger charge is 2.20. The molecule has 0 spiro atoms. The number of carbonyl (C=O) groups excluding carboxylic acids is 1. The average molecular weight is 281 g/mol. The van der Waals surface area contributed by atoms with Crippen LogP contribution in [0.15, 0.2) is 12.4 Å². The lowest BCUT2D eigenvalue weighted by Crippen LogP contribution is -2.35. The summed E-state index contributed by atoms with van der Waals surface area (Å²) in [5, 5.41) is 12.4. The molecule has 20 heavy (non-hydrogen) atoms. The van der Waals surface area contributed by atoms with Crippen LogP contribution in [0, 0.1) is 12.3 Å². The smallest absolute Gasteiger partial charge is 0.220 e. The van der Waals surface area contributed by atoms with Crippen LogP contribution in [0.1, 0.15) is 45.9 Å². The predicted molar refractivity (Wildman–Crippen MR) is 79.3 cm³/mol. The average Bonchev–Trinajstić information content (AvgIpc) is 2.71. The van der Waals surface area contributed by atoms with E-state index in [1.54, 1.807) is 13.1 Å². The molecule has 0 saturated heterocycles. The van der Waals surface area contributed by atoms with Crippen molar-refractivity contribution in [2.45, 2.75) is 59.6 Å². The Labute approximate surface area is 121 Å². The van der Waals surface area contributed by atoms with Crippen molar-refractivity contribution < 1.29 is 9.90 Å². The van der Waals surface area contributed by atoms with Gasteiger partial charge < -0.3 is 15.0 Å². The van der Waals surface area contributed by atoms with Gasteiger partial charge in [0.05, 0.1) is 6.10 Å². The summed E-state index contributed by atoms with van der Waals surface area (Å²) in [6, 6.07) is 0.